The molecule has 52 heavy (non-hydrogen) atoms. The number of aliphatic imine (C=N–C) groups is 2. The van der Waals surface area contributed by atoms with Crippen LogP contribution in [0.4, 0.5) is 13.2 Å². The number of hydrogen-bond acceptors (Lipinski definition) is 6. The van der Waals surface area contributed by atoms with Crippen LogP contribution in [0.25, 0.3) is 11.1 Å². The molecule has 274 valence electrons. The number of hydrogen-bond donors (Lipinski definition) is 0. The molecule has 0 heterocycles. The summed E-state index contributed by atoms with van der Waals surface area (Å²) in [5, 5.41) is 0. The average molecular weight is 713 g/mol. The maximum absolute atomic E-state index is 13.4. The summed E-state index contributed by atoms with van der Waals surface area (Å²) in [6, 6.07) is 33.6. The molecule has 0 N–H and O–H groups in total. The lowest BCUT2D eigenvalue weighted by atomic mass is 9.95. The van der Waals surface area contributed by atoms with Crippen molar-refractivity contribution in [1.29, 1.82) is 0 Å². The van der Waals surface area contributed by atoms with E-state index in [2.05, 4.69) is 4.99 Å². The summed E-state index contributed by atoms with van der Waals surface area (Å²) in [5.74, 6) is -0.997. The zero-order chi connectivity index (χ0) is 37.9. The predicted octanol–water partition coefficient (Wildman–Crippen LogP) is 10.2. The molecule has 1 atom stereocenters. The Bertz CT molecular complexity index is 1840. The van der Waals surface area contributed by atoms with Crippen LogP contribution in [-0.4, -0.2) is 53.3 Å². The number of carbonyl (C=O) groups is 2. The lowest BCUT2D eigenvalue weighted by Gasteiger charge is -2.23. The first-order valence-electron chi connectivity index (χ1n) is 17.4. The van der Waals surface area contributed by atoms with Gasteiger partial charge in [-0.1, -0.05) is 110 Å². The Morgan fingerprint density at radius 1 is 0.615 bits per heavy atom. The van der Waals surface area contributed by atoms with E-state index in [1.54, 1.807) is 20.8 Å². The van der Waals surface area contributed by atoms with Crippen LogP contribution in [0.5, 0.6) is 0 Å². The van der Waals surface area contributed by atoms with Gasteiger partial charge in [0.1, 0.15) is 23.8 Å². The molecule has 9 heteroatoms. The lowest BCUT2D eigenvalue weighted by Crippen LogP contribution is -2.32. The van der Waals surface area contributed by atoms with Crippen LogP contribution >= 0.6 is 0 Å². The highest BCUT2D eigenvalue weighted by Gasteiger charge is 2.29. The van der Waals surface area contributed by atoms with Crippen LogP contribution in [-0.2, 0) is 19.1 Å². The third kappa shape index (κ3) is 12.9. The number of esters is 2. The summed E-state index contributed by atoms with van der Waals surface area (Å²) in [4.78, 5) is 35.5. The molecule has 0 aliphatic heterocycles. The minimum absolute atomic E-state index is 0.109. The van der Waals surface area contributed by atoms with Crippen molar-refractivity contribution >= 4 is 23.4 Å². The van der Waals surface area contributed by atoms with Gasteiger partial charge in [-0.05, 0) is 71.6 Å². The Kier molecular flexibility index (Phi) is 13.3. The molecule has 0 aliphatic rings. The normalized spacial score (nSPS) is 13.4. The minimum Gasteiger partial charge on any atom is -0.459 e. The largest absolute Gasteiger partial charge is 0.459 e. The third-order valence-corrected chi connectivity index (χ3v) is 7.66. The van der Waals surface area contributed by atoms with E-state index in [-0.39, 0.29) is 25.8 Å². The predicted molar refractivity (Wildman–Crippen MR) is 201 cm³/mol. The summed E-state index contributed by atoms with van der Waals surface area (Å²) in [5.41, 5.74) is 4.76. The van der Waals surface area contributed by atoms with Gasteiger partial charge in [0, 0.05) is 28.7 Å². The molecule has 0 aliphatic carbocycles. The van der Waals surface area contributed by atoms with Gasteiger partial charge in [0.25, 0.3) is 0 Å². The minimum atomic E-state index is -4.27. The van der Waals surface area contributed by atoms with Crippen LogP contribution in [0.15, 0.2) is 119 Å². The van der Waals surface area contributed by atoms with Crippen molar-refractivity contribution in [1.82, 2.24) is 0 Å². The Morgan fingerprint density at radius 3 is 1.71 bits per heavy atom. The summed E-state index contributed by atoms with van der Waals surface area (Å²) >= 11 is 0. The number of halogens is 3. The first kappa shape index (κ1) is 39.7. The second-order valence-electron chi connectivity index (χ2n) is 14.5. The van der Waals surface area contributed by atoms with Gasteiger partial charge in [-0.3, -0.25) is 14.8 Å². The highest BCUT2D eigenvalue weighted by Crippen LogP contribution is 2.27. The molecule has 4 aromatic carbocycles. The molecular formula is C43H47F3N2O4. The van der Waals surface area contributed by atoms with E-state index in [1.807, 2.05) is 130 Å². The first-order valence-corrected chi connectivity index (χ1v) is 17.4. The number of carbonyl (C=O) groups excluding carboxylic acids is 2. The molecule has 4 aromatic rings. The van der Waals surface area contributed by atoms with E-state index in [0.717, 1.165) is 33.4 Å². The van der Waals surface area contributed by atoms with Crippen LogP contribution in [0.1, 0.15) is 89.5 Å². The van der Waals surface area contributed by atoms with Crippen molar-refractivity contribution in [2.75, 3.05) is 6.54 Å². The standard InChI is InChI=1S/C43H47F3N2O4/c1-41(2,3)51-37(49)29-47-38(31-16-9-7-10-17-31)33-25-23-30(24-26-33)34-20-15-21-35(28-34)39(32-18-11-8-12-19-32)48-36(40(50)52-42(4,5)6)22-13-14-27-43(44,45)46/h7-12,15-21,23-26,28,36H,13-14,22,27,29H2,1-6H3/b47-38-,48-39+/t36-/m0/s1. The number of ether oxygens (including phenoxy) is 2. The maximum atomic E-state index is 13.4. The zero-order valence-electron chi connectivity index (χ0n) is 30.7. The number of unbranched alkanes of at least 4 members (excludes halogenated alkanes) is 1. The van der Waals surface area contributed by atoms with Gasteiger partial charge in [-0.2, -0.15) is 13.2 Å². The Morgan fingerprint density at radius 2 is 1.15 bits per heavy atom. The molecule has 0 spiro atoms. The van der Waals surface area contributed by atoms with E-state index in [0.29, 0.717) is 11.4 Å². The molecule has 0 unspecified atom stereocenters. The second-order valence-corrected chi connectivity index (χ2v) is 14.5. The summed E-state index contributed by atoms with van der Waals surface area (Å²) in [6.07, 6.45) is -5.03. The lowest BCUT2D eigenvalue weighted by molar-refractivity contribution is -0.156. The van der Waals surface area contributed by atoms with E-state index < -0.39 is 41.8 Å². The monoisotopic (exact) mass is 712 g/mol. The fourth-order valence-electron chi connectivity index (χ4n) is 5.46. The fourth-order valence-corrected chi connectivity index (χ4v) is 5.46. The van der Waals surface area contributed by atoms with Gasteiger partial charge in [0.2, 0.25) is 0 Å². The van der Waals surface area contributed by atoms with Gasteiger partial charge in [0.05, 0.1) is 11.4 Å². The van der Waals surface area contributed by atoms with Crippen LogP contribution in [0.3, 0.4) is 0 Å². The van der Waals surface area contributed by atoms with Crippen LogP contribution in [0, 0.1) is 0 Å². The molecule has 0 amide bonds. The highest BCUT2D eigenvalue weighted by molar-refractivity contribution is 6.14. The van der Waals surface area contributed by atoms with E-state index in [4.69, 9.17) is 14.5 Å². The fraction of sp³-hybridized carbons (Fsp3) is 0.349. The van der Waals surface area contributed by atoms with Crippen molar-refractivity contribution < 1.29 is 32.2 Å². The smallest absolute Gasteiger partial charge is 0.389 e. The molecule has 0 bridgehead atoms. The molecule has 4 rings (SSSR count). The van der Waals surface area contributed by atoms with Crippen LogP contribution < -0.4 is 0 Å². The molecule has 0 aromatic heterocycles. The number of benzene rings is 4. The first-order chi connectivity index (χ1) is 24.5. The number of alkyl halides is 3. The van der Waals surface area contributed by atoms with E-state index in [9.17, 15) is 22.8 Å². The maximum Gasteiger partial charge on any atom is 0.389 e. The second kappa shape index (κ2) is 17.4. The molecule has 6 nitrogen and oxygen atoms in total. The SMILES string of the molecule is CC(C)(C)OC(=O)C/N=C(/c1ccccc1)c1ccc(-c2cccc(/C(=N/[C@@H](CCCCC(F)(F)F)C(=O)OC(C)(C)C)c3ccccc3)c2)cc1. The Balaban J connectivity index is 1.69. The van der Waals surface area contributed by atoms with Gasteiger partial charge < -0.3 is 9.47 Å². The third-order valence-electron chi connectivity index (χ3n) is 7.66. The summed E-state index contributed by atoms with van der Waals surface area (Å²) in [7, 11) is 0. The zero-order valence-corrected chi connectivity index (χ0v) is 30.7. The molecule has 0 fully saturated rings. The summed E-state index contributed by atoms with van der Waals surface area (Å²) < 4.78 is 49.9. The molecule has 0 radical (unpaired) electrons. The number of rotatable bonds is 13. The van der Waals surface area contributed by atoms with Crippen molar-refractivity contribution in [2.24, 2.45) is 9.98 Å². The van der Waals surface area contributed by atoms with Crippen LogP contribution in [0.2, 0.25) is 0 Å². The van der Waals surface area contributed by atoms with Crippen molar-refractivity contribution in [2.45, 2.75) is 90.6 Å². The van der Waals surface area contributed by atoms with Gasteiger partial charge >= 0.3 is 18.1 Å². The highest BCUT2D eigenvalue weighted by atomic mass is 19.4. The molecular weight excluding hydrogens is 665 g/mol. The quantitative estimate of drug-likeness (QED) is 0.0786. The Hall–Kier alpha value is -5.05. The number of nitrogens with zero attached hydrogens (tertiary/aromatic N) is 2. The average Bonchev–Trinajstić information content (AvgIpc) is 3.07. The topological polar surface area (TPSA) is 77.3 Å². The van der Waals surface area contributed by atoms with Gasteiger partial charge in [-0.25, -0.2) is 4.79 Å². The van der Waals surface area contributed by atoms with E-state index >= 15 is 0 Å². The van der Waals surface area contributed by atoms with Crippen molar-refractivity contribution in [3.8, 4) is 11.1 Å². The Labute approximate surface area is 304 Å². The van der Waals surface area contributed by atoms with Crippen molar-refractivity contribution in [3.63, 3.8) is 0 Å². The van der Waals surface area contributed by atoms with Crippen molar-refractivity contribution in [3.05, 3.63) is 131 Å². The van der Waals surface area contributed by atoms with Gasteiger partial charge in [0.15, 0.2) is 0 Å². The van der Waals surface area contributed by atoms with Gasteiger partial charge in [-0.15, -0.1) is 0 Å². The molecule has 0 saturated carbocycles. The molecule has 0 saturated heterocycles. The summed E-state index contributed by atoms with van der Waals surface area (Å²) in [6.45, 7) is 10.6. The van der Waals surface area contributed by atoms with E-state index in [1.165, 1.54) is 0 Å².